The molecule has 0 aliphatic heterocycles. The number of benzene rings is 1. The first kappa shape index (κ1) is 13.9. The summed E-state index contributed by atoms with van der Waals surface area (Å²) in [5, 5.41) is 5.56. The first-order valence-electron chi connectivity index (χ1n) is 5.08. The summed E-state index contributed by atoms with van der Waals surface area (Å²) in [6.07, 6.45) is 0. The second kappa shape index (κ2) is 7.24. The van der Waals surface area contributed by atoms with Crippen molar-refractivity contribution in [1.82, 2.24) is 5.32 Å². The standard InChI is InChI=1S/C11H14BrFN2O2/c1-17-5-4-14-11(16)7-15-8-2-3-10(13)9(12)6-8/h2-3,6,15H,4-5,7H2,1H3,(H,14,16). The van der Waals surface area contributed by atoms with E-state index >= 15 is 0 Å². The molecule has 1 aromatic rings. The van der Waals surface area contributed by atoms with Gasteiger partial charge >= 0.3 is 0 Å². The van der Waals surface area contributed by atoms with Gasteiger partial charge in [0.2, 0.25) is 5.91 Å². The van der Waals surface area contributed by atoms with Crippen LogP contribution in [0.1, 0.15) is 0 Å². The molecule has 0 aliphatic carbocycles. The first-order chi connectivity index (χ1) is 8.13. The summed E-state index contributed by atoms with van der Waals surface area (Å²) >= 11 is 3.07. The Bertz CT molecular complexity index is 388. The van der Waals surface area contributed by atoms with Gasteiger partial charge in [0, 0.05) is 19.3 Å². The maximum atomic E-state index is 12.9. The van der Waals surface area contributed by atoms with Gasteiger partial charge in [-0.2, -0.15) is 0 Å². The largest absolute Gasteiger partial charge is 0.383 e. The van der Waals surface area contributed by atoms with Crippen molar-refractivity contribution < 1.29 is 13.9 Å². The molecule has 0 radical (unpaired) electrons. The zero-order valence-corrected chi connectivity index (χ0v) is 11.0. The molecule has 0 saturated carbocycles. The lowest BCUT2D eigenvalue weighted by molar-refractivity contribution is -0.119. The van der Waals surface area contributed by atoms with Crippen LogP contribution >= 0.6 is 15.9 Å². The molecule has 1 amide bonds. The van der Waals surface area contributed by atoms with Crippen molar-refractivity contribution in [1.29, 1.82) is 0 Å². The SMILES string of the molecule is COCCNC(=O)CNc1ccc(F)c(Br)c1. The molecule has 0 heterocycles. The average molecular weight is 305 g/mol. The number of hydrogen-bond acceptors (Lipinski definition) is 3. The van der Waals surface area contributed by atoms with E-state index in [1.54, 1.807) is 19.2 Å². The van der Waals surface area contributed by atoms with E-state index in [1.165, 1.54) is 6.07 Å². The van der Waals surface area contributed by atoms with Crippen LogP contribution in [0.3, 0.4) is 0 Å². The second-order valence-electron chi connectivity index (χ2n) is 3.33. The van der Waals surface area contributed by atoms with Crippen LogP contribution in [0.5, 0.6) is 0 Å². The van der Waals surface area contributed by atoms with Crippen LogP contribution in [0.4, 0.5) is 10.1 Å². The van der Waals surface area contributed by atoms with Crippen molar-refractivity contribution in [3.63, 3.8) is 0 Å². The number of hydrogen-bond donors (Lipinski definition) is 2. The van der Waals surface area contributed by atoms with Crippen molar-refractivity contribution in [3.8, 4) is 0 Å². The van der Waals surface area contributed by atoms with Crippen molar-refractivity contribution in [2.24, 2.45) is 0 Å². The first-order valence-corrected chi connectivity index (χ1v) is 5.87. The number of carbonyl (C=O) groups is 1. The van der Waals surface area contributed by atoms with Gasteiger partial charge in [-0.05, 0) is 34.1 Å². The fraction of sp³-hybridized carbons (Fsp3) is 0.364. The van der Waals surface area contributed by atoms with E-state index in [4.69, 9.17) is 4.74 Å². The zero-order valence-electron chi connectivity index (χ0n) is 9.43. The number of nitrogens with one attached hydrogen (secondary N) is 2. The molecule has 94 valence electrons. The molecule has 2 N–H and O–H groups in total. The van der Waals surface area contributed by atoms with Crippen molar-refractivity contribution in [2.45, 2.75) is 0 Å². The van der Waals surface area contributed by atoms with Crippen LogP contribution in [0.15, 0.2) is 22.7 Å². The molecule has 0 spiro atoms. The molecule has 4 nitrogen and oxygen atoms in total. The molecule has 1 rings (SSSR count). The lowest BCUT2D eigenvalue weighted by atomic mass is 10.3. The summed E-state index contributed by atoms with van der Waals surface area (Å²) in [5.74, 6) is -0.470. The average Bonchev–Trinajstić information content (AvgIpc) is 2.31. The van der Waals surface area contributed by atoms with Crippen LogP contribution in [0.25, 0.3) is 0 Å². The summed E-state index contributed by atoms with van der Waals surface area (Å²) in [5.41, 5.74) is 0.681. The third-order valence-corrected chi connectivity index (χ3v) is 2.61. The second-order valence-corrected chi connectivity index (χ2v) is 4.18. The van der Waals surface area contributed by atoms with E-state index in [0.717, 1.165) is 0 Å². The molecule has 6 heteroatoms. The molecule has 0 aromatic heterocycles. The summed E-state index contributed by atoms with van der Waals surface area (Å²) < 4.78 is 18.1. The summed E-state index contributed by atoms with van der Waals surface area (Å²) in [6.45, 7) is 1.10. The Balaban J connectivity index is 2.34. The Labute approximate surface area is 108 Å². The van der Waals surface area contributed by atoms with Crippen LogP contribution in [-0.2, 0) is 9.53 Å². The number of rotatable bonds is 6. The van der Waals surface area contributed by atoms with Crippen molar-refractivity contribution >= 4 is 27.5 Å². The third kappa shape index (κ3) is 5.14. The lowest BCUT2D eigenvalue weighted by Gasteiger charge is -2.08. The quantitative estimate of drug-likeness (QED) is 0.788. The highest BCUT2D eigenvalue weighted by Crippen LogP contribution is 2.19. The van der Waals surface area contributed by atoms with E-state index < -0.39 is 0 Å². The minimum atomic E-state index is -0.333. The van der Waals surface area contributed by atoms with Gasteiger partial charge in [-0.1, -0.05) is 0 Å². The lowest BCUT2D eigenvalue weighted by Crippen LogP contribution is -2.32. The molecule has 0 fully saturated rings. The number of carbonyl (C=O) groups excluding carboxylic acids is 1. The van der Waals surface area contributed by atoms with Gasteiger partial charge in [0.25, 0.3) is 0 Å². The molecule has 1 aromatic carbocycles. The Morgan fingerprint density at radius 3 is 2.94 bits per heavy atom. The van der Waals surface area contributed by atoms with E-state index in [-0.39, 0.29) is 18.3 Å². The highest BCUT2D eigenvalue weighted by Gasteiger charge is 2.02. The molecule has 0 atom stereocenters. The Morgan fingerprint density at radius 2 is 2.29 bits per heavy atom. The third-order valence-electron chi connectivity index (χ3n) is 2.00. The highest BCUT2D eigenvalue weighted by atomic mass is 79.9. The van der Waals surface area contributed by atoms with Gasteiger partial charge in [0.1, 0.15) is 5.82 Å². The number of halogens is 2. The van der Waals surface area contributed by atoms with Gasteiger partial charge in [0.05, 0.1) is 17.6 Å². The van der Waals surface area contributed by atoms with Gasteiger partial charge in [-0.15, -0.1) is 0 Å². The molecule has 0 bridgehead atoms. The molecule has 17 heavy (non-hydrogen) atoms. The Morgan fingerprint density at radius 1 is 1.53 bits per heavy atom. The number of amides is 1. The fourth-order valence-corrected chi connectivity index (χ4v) is 1.52. The predicted octanol–water partition coefficient (Wildman–Crippen LogP) is 1.76. The number of ether oxygens (including phenoxy) is 1. The van der Waals surface area contributed by atoms with E-state index in [0.29, 0.717) is 23.3 Å². The smallest absolute Gasteiger partial charge is 0.239 e. The minimum Gasteiger partial charge on any atom is -0.383 e. The maximum Gasteiger partial charge on any atom is 0.239 e. The maximum absolute atomic E-state index is 12.9. The molecule has 0 aliphatic rings. The van der Waals surface area contributed by atoms with Gasteiger partial charge in [-0.25, -0.2) is 4.39 Å². The van der Waals surface area contributed by atoms with Gasteiger partial charge < -0.3 is 15.4 Å². The Kier molecular flexibility index (Phi) is 5.93. The van der Waals surface area contributed by atoms with E-state index in [9.17, 15) is 9.18 Å². The van der Waals surface area contributed by atoms with Crippen LogP contribution in [0.2, 0.25) is 0 Å². The molecular weight excluding hydrogens is 291 g/mol. The van der Waals surface area contributed by atoms with Crippen LogP contribution < -0.4 is 10.6 Å². The van der Waals surface area contributed by atoms with E-state index in [2.05, 4.69) is 26.6 Å². The van der Waals surface area contributed by atoms with Gasteiger partial charge in [0.15, 0.2) is 0 Å². The number of methoxy groups -OCH3 is 1. The number of anilines is 1. The summed E-state index contributed by atoms with van der Waals surface area (Å²) in [4.78, 5) is 11.3. The van der Waals surface area contributed by atoms with Crippen LogP contribution in [0, 0.1) is 5.82 Å². The zero-order chi connectivity index (χ0) is 12.7. The molecule has 0 unspecified atom stereocenters. The highest BCUT2D eigenvalue weighted by molar-refractivity contribution is 9.10. The topological polar surface area (TPSA) is 50.4 Å². The van der Waals surface area contributed by atoms with E-state index in [1.807, 2.05) is 0 Å². The molecular formula is C11H14BrFN2O2. The summed E-state index contributed by atoms with van der Waals surface area (Å²) in [6, 6.07) is 4.48. The monoisotopic (exact) mass is 304 g/mol. The van der Waals surface area contributed by atoms with Crippen LogP contribution in [-0.4, -0.2) is 32.7 Å². The fourth-order valence-electron chi connectivity index (χ4n) is 1.14. The minimum absolute atomic E-state index is 0.137. The predicted molar refractivity (Wildman–Crippen MR) is 67.5 cm³/mol. The van der Waals surface area contributed by atoms with Crippen molar-refractivity contribution in [3.05, 3.63) is 28.5 Å². The van der Waals surface area contributed by atoms with Crippen molar-refractivity contribution in [2.75, 3.05) is 32.1 Å². The normalized spacial score (nSPS) is 10.1. The Hall–Kier alpha value is -1.14. The molecule has 0 saturated heterocycles. The summed E-state index contributed by atoms with van der Waals surface area (Å²) in [7, 11) is 1.57. The van der Waals surface area contributed by atoms with Gasteiger partial charge in [-0.3, -0.25) is 4.79 Å².